The molecule has 4 heteroatoms. The molecule has 1 atom stereocenters. The van der Waals surface area contributed by atoms with Crippen molar-refractivity contribution in [2.75, 3.05) is 27.7 Å². The van der Waals surface area contributed by atoms with Crippen molar-refractivity contribution in [2.24, 2.45) is 0 Å². The van der Waals surface area contributed by atoms with Gasteiger partial charge in [0.05, 0.1) is 7.11 Å². The summed E-state index contributed by atoms with van der Waals surface area (Å²) in [5, 5.41) is 1.97. The van der Waals surface area contributed by atoms with Crippen molar-refractivity contribution in [3.63, 3.8) is 0 Å². The van der Waals surface area contributed by atoms with Crippen LogP contribution in [0.2, 0.25) is 0 Å². The molecule has 0 bridgehead atoms. The molecule has 0 aliphatic heterocycles. The molecule has 0 N–H and O–H groups in total. The smallest absolute Gasteiger partial charge is 0.315 e. The van der Waals surface area contributed by atoms with Gasteiger partial charge in [0, 0.05) is 11.4 Å². The maximum Gasteiger partial charge on any atom is 0.315 e. The Balaban J connectivity index is 2.77. The lowest BCUT2D eigenvalue weighted by atomic mass is 10.1. The van der Waals surface area contributed by atoms with Crippen LogP contribution in [0.15, 0.2) is 17.5 Å². The van der Waals surface area contributed by atoms with E-state index in [0.717, 1.165) is 4.88 Å². The van der Waals surface area contributed by atoms with Crippen LogP contribution in [0.5, 0.6) is 0 Å². The number of hydrogen-bond acceptors (Lipinski definition) is 4. The SMILES string of the molecule is COC(=O)C(CN(C)C)c1cccs1. The third kappa shape index (κ3) is 2.82. The number of rotatable bonds is 4. The number of thiophene rings is 1. The minimum Gasteiger partial charge on any atom is -0.468 e. The zero-order valence-electron chi connectivity index (χ0n) is 8.69. The van der Waals surface area contributed by atoms with Gasteiger partial charge in [-0.05, 0) is 25.5 Å². The molecule has 0 aliphatic carbocycles. The van der Waals surface area contributed by atoms with E-state index in [0.29, 0.717) is 6.54 Å². The van der Waals surface area contributed by atoms with Gasteiger partial charge >= 0.3 is 5.97 Å². The van der Waals surface area contributed by atoms with Gasteiger partial charge in [0.1, 0.15) is 5.92 Å². The van der Waals surface area contributed by atoms with Crippen LogP contribution in [0.1, 0.15) is 10.8 Å². The van der Waals surface area contributed by atoms with Gasteiger partial charge in [0.15, 0.2) is 0 Å². The second kappa shape index (κ2) is 5.12. The molecule has 0 aliphatic rings. The summed E-state index contributed by atoms with van der Waals surface area (Å²) in [5.41, 5.74) is 0. The Labute approximate surface area is 88.3 Å². The van der Waals surface area contributed by atoms with Crippen LogP contribution in [0.3, 0.4) is 0 Å². The number of nitrogens with zero attached hydrogens (tertiary/aromatic N) is 1. The first kappa shape index (κ1) is 11.2. The van der Waals surface area contributed by atoms with Crippen LogP contribution in [0.25, 0.3) is 0 Å². The summed E-state index contributed by atoms with van der Waals surface area (Å²) in [6, 6.07) is 3.92. The Morgan fingerprint density at radius 1 is 1.64 bits per heavy atom. The number of ether oxygens (including phenoxy) is 1. The fourth-order valence-corrected chi connectivity index (χ4v) is 2.08. The Morgan fingerprint density at radius 2 is 2.36 bits per heavy atom. The molecule has 0 radical (unpaired) electrons. The topological polar surface area (TPSA) is 29.5 Å². The van der Waals surface area contributed by atoms with E-state index in [1.165, 1.54) is 7.11 Å². The molecule has 0 saturated carbocycles. The highest BCUT2D eigenvalue weighted by molar-refractivity contribution is 7.10. The standard InChI is InChI=1S/C10H15NO2S/c1-11(2)7-8(10(12)13-3)9-5-4-6-14-9/h4-6,8H,7H2,1-3H3. The van der Waals surface area contributed by atoms with Crippen molar-refractivity contribution >= 4 is 17.3 Å². The van der Waals surface area contributed by atoms with E-state index in [4.69, 9.17) is 4.74 Å². The van der Waals surface area contributed by atoms with Crippen molar-refractivity contribution in [2.45, 2.75) is 5.92 Å². The Kier molecular flexibility index (Phi) is 4.10. The lowest BCUT2D eigenvalue weighted by molar-refractivity contribution is -0.142. The van der Waals surface area contributed by atoms with Crippen molar-refractivity contribution < 1.29 is 9.53 Å². The van der Waals surface area contributed by atoms with Gasteiger partial charge in [-0.3, -0.25) is 4.79 Å². The minimum atomic E-state index is -0.166. The van der Waals surface area contributed by atoms with E-state index in [-0.39, 0.29) is 11.9 Å². The predicted octanol–water partition coefficient (Wildman–Crippen LogP) is 1.57. The first-order chi connectivity index (χ1) is 6.65. The second-order valence-electron chi connectivity index (χ2n) is 3.35. The fraction of sp³-hybridized carbons (Fsp3) is 0.500. The fourth-order valence-electron chi connectivity index (χ4n) is 1.28. The van der Waals surface area contributed by atoms with Crippen molar-refractivity contribution in [1.29, 1.82) is 0 Å². The normalized spacial score (nSPS) is 12.9. The average molecular weight is 213 g/mol. The number of esters is 1. The van der Waals surface area contributed by atoms with Gasteiger partial charge in [0.2, 0.25) is 0 Å². The molecule has 1 rings (SSSR count). The highest BCUT2D eigenvalue weighted by atomic mass is 32.1. The van der Waals surface area contributed by atoms with Crippen LogP contribution in [-0.4, -0.2) is 38.6 Å². The van der Waals surface area contributed by atoms with Crippen LogP contribution < -0.4 is 0 Å². The highest BCUT2D eigenvalue weighted by Gasteiger charge is 2.22. The first-order valence-electron chi connectivity index (χ1n) is 4.41. The number of hydrogen-bond donors (Lipinski definition) is 0. The molecule has 0 saturated heterocycles. The summed E-state index contributed by atoms with van der Waals surface area (Å²) in [5.74, 6) is -0.323. The van der Waals surface area contributed by atoms with Gasteiger partial charge in [-0.25, -0.2) is 0 Å². The maximum atomic E-state index is 11.5. The molecule has 1 heterocycles. The molecule has 1 aromatic rings. The van der Waals surface area contributed by atoms with Crippen molar-refractivity contribution in [3.8, 4) is 0 Å². The van der Waals surface area contributed by atoms with E-state index < -0.39 is 0 Å². The molecule has 0 amide bonds. The average Bonchev–Trinajstić information content (AvgIpc) is 2.65. The quantitative estimate of drug-likeness (QED) is 0.711. The minimum absolute atomic E-state index is 0.157. The third-order valence-corrected chi connectivity index (χ3v) is 2.91. The Morgan fingerprint density at radius 3 is 2.79 bits per heavy atom. The van der Waals surface area contributed by atoms with E-state index in [2.05, 4.69) is 0 Å². The summed E-state index contributed by atoms with van der Waals surface area (Å²) >= 11 is 1.59. The molecule has 3 nitrogen and oxygen atoms in total. The second-order valence-corrected chi connectivity index (χ2v) is 4.33. The van der Waals surface area contributed by atoms with Crippen LogP contribution in [-0.2, 0) is 9.53 Å². The van der Waals surface area contributed by atoms with Crippen molar-refractivity contribution in [3.05, 3.63) is 22.4 Å². The Hall–Kier alpha value is -0.870. The number of likely N-dealkylation sites (N-methyl/N-ethyl adjacent to an activating group) is 1. The van der Waals surface area contributed by atoms with Gasteiger partial charge in [-0.15, -0.1) is 11.3 Å². The number of methoxy groups -OCH3 is 1. The number of carbonyl (C=O) groups excluding carboxylic acids is 1. The van der Waals surface area contributed by atoms with E-state index in [9.17, 15) is 4.79 Å². The lowest BCUT2D eigenvalue weighted by Gasteiger charge is -2.17. The molecule has 1 unspecified atom stereocenters. The third-order valence-electron chi connectivity index (χ3n) is 1.92. The summed E-state index contributed by atoms with van der Waals surface area (Å²) in [6.07, 6.45) is 0. The molecule has 14 heavy (non-hydrogen) atoms. The Bertz CT molecular complexity index is 282. The molecule has 78 valence electrons. The zero-order valence-corrected chi connectivity index (χ0v) is 9.50. The van der Waals surface area contributed by atoms with E-state index in [1.54, 1.807) is 11.3 Å². The van der Waals surface area contributed by atoms with Gasteiger partial charge in [-0.2, -0.15) is 0 Å². The van der Waals surface area contributed by atoms with E-state index in [1.807, 2.05) is 36.5 Å². The predicted molar refractivity (Wildman–Crippen MR) is 57.6 cm³/mol. The monoisotopic (exact) mass is 213 g/mol. The summed E-state index contributed by atoms with van der Waals surface area (Å²) < 4.78 is 4.78. The molecule has 0 fully saturated rings. The van der Waals surface area contributed by atoms with Gasteiger partial charge in [-0.1, -0.05) is 6.07 Å². The molecule has 0 spiro atoms. The highest BCUT2D eigenvalue weighted by Crippen LogP contribution is 2.22. The van der Waals surface area contributed by atoms with Crippen LogP contribution in [0.4, 0.5) is 0 Å². The summed E-state index contributed by atoms with van der Waals surface area (Å²) in [6.45, 7) is 0.688. The maximum absolute atomic E-state index is 11.5. The van der Waals surface area contributed by atoms with Crippen LogP contribution >= 0.6 is 11.3 Å². The molecular weight excluding hydrogens is 198 g/mol. The zero-order chi connectivity index (χ0) is 10.6. The summed E-state index contributed by atoms with van der Waals surface area (Å²) in [7, 11) is 5.33. The van der Waals surface area contributed by atoms with Gasteiger partial charge in [0.25, 0.3) is 0 Å². The van der Waals surface area contributed by atoms with Crippen LogP contribution in [0, 0.1) is 0 Å². The first-order valence-corrected chi connectivity index (χ1v) is 5.29. The van der Waals surface area contributed by atoms with E-state index >= 15 is 0 Å². The molecular formula is C10H15NO2S. The lowest BCUT2D eigenvalue weighted by Crippen LogP contribution is -2.26. The summed E-state index contributed by atoms with van der Waals surface area (Å²) in [4.78, 5) is 14.6. The molecule has 1 aromatic heterocycles. The number of carbonyl (C=O) groups is 1. The largest absolute Gasteiger partial charge is 0.468 e. The van der Waals surface area contributed by atoms with Gasteiger partial charge < -0.3 is 9.64 Å². The molecule has 0 aromatic carbocycles. The van der Waals surface area contributed by atoms with Crippen molar-refractivity contribution in [1.82, 2.24) is 4.90 Å².